The Labute approximate surface area is 107 Å². The molecule has 0 radical (unpaired) electrons. The fraction of sp³-hybridized carbons (Fsp3) is 0.462. The van der Waals surface area contributed by atoms with E-state index in [-0.39, 0.29) is 5.91 Å². The minimum Gasteiger partial charge on any atom is -0.342 e. The van der Waals surface area contributed by atoms with Crippen LogP contribution >= 0.6 is 0 Å². The second kappa shape index (κ2) is 4.30. The van der Waals surface area contributed by atoms with E-state index in [1.165, 1.54) is 0 Å². The van der Waals surface area contributed by atoms with Crippen molar-refractivity contribution in [3.05, 3.63) is 23.9 Å². The first kappa shape index (κ1) is 12.4. The van der Waals surface area contributed by atoms with Gasteiger partial charge in [-0.15, -0.1) is 0 Å². The summed E-state index contributed by atoms with van der Waals surface area (Å²) < 4.78 is 0. The third-order valence-electron chi connectivity index (χ3n) is 3.37. The molecule has 0 N–H and O–H groups in total. The van der Waals surface area contributed by atoms with Crippen molar-refractivity contribution in [2.45, 2.75) is 19.4 Å². The zero-order valence-electron chi connectivity index (χ0n) is 10.8. The predicted molar refractivity (Wildman–Crippen MR) is 68.0 cm³/mol. The number of carbonyl (C=O) groups excluding carboxylic acids is 1. The van der Waals surface area contributed by atoms with Crippen molar-refractivity contribution in [1.29, 1.82) is 5.26 Å². The Morgan fingerprint density at radius 1 is 1.44 bits per heavy atom. The van der Waals surface area contributed by atoms with E-state index in [2.05, 4.69) is 11.1 Å². The predicted octanol–water partition coefficient (Wildman–Crippen LogP) is 1.01. The number of likely N-dealkylation sites (N-methyl/N-ethyl adjacent to an activating group) is 1. The number of piperazine rings is 1. The van der Waals surface area contributed by atoms with E-state index >= 15 is 0 Å². The fourth-order valence-electron chi connectivity index (χ4n) is 2.28. The largest absolute Gasteiger partial charge is 0.342 e. The van der Waals surface area contributed by atoms with Crippen molar-refractivity contribution < 1.29 is 4.79 Å². The molecule has 94 valence electrons. The minimum atomic E-state index is -0.674. The lowest BCUT2D eigenvalue weighted by atomic mass is 9.97. The van der Waals surface area contributed by atoms with E-state index in [0.29, 0.717) is 24.5 Å². The van der Waals surface area contributed by atoms with Crippen LogP contribution in [0.4, 0.5) is 5.82 Å². The van der Waals surface area contributed by atoms with E-state index in [1.807, 2.05) is 18.7 Å². The normalized spacial score (nSPS) is 18.7. The summed E-state index contributed by atoms with van der Waals surface area (Å²) >= 11 is 0. The Bertz CT molecular complexity index is 518. The molecule has 5 heteroatoms. The highest BCUT2D eigenvalue weighted by molar-refractivity contribution is 5.90. The number of pyridine rings is 1. The molecule has 1 aliphatic heterocycles. The van der Waals surface area contributed by atoms with Gasteiger partial charge in [0.15, 0.2) is 0 Å². The van der Waals surface area contributed by atoms with Gasteiger partial charge in [-0.2, -0.15) is 5.26 Å². The molecule has 1 fully saturated rings. The molecule has 2 heterocycles. The van der Waals surface area contributed by atoms with Crippen LogP contribution in [0.1, 0.15) is 19.4 Å². The molecule has 1 aromatic heterocycles. The van der Waals surface area contributed by atoms with Gasteiger partial charge in [-0.1, -0.05) is 0 Å². The number of hydrogen-bond acceptors (Lipinski definition) is 4. The van der Waals surface area contributed by atoms with Crippen molar-refractivity contribution in [2.75, 3.05) is 25.0 Å². The standard InChI is InChI=1S/C13H16N4O/c1-13(2)12(18)16(3)7-8-17(13)11-10(9-14)5-4-6-15-11/h4-6H,7-8H2,1-3H3. The smallest absolute Gasteiger partial charge is 0.247 e. The van der Waals surface area contributed by atoms with Gasteiger partial charge in [0.25, 0.3) is 0 Å². The first-order chi connectivity index (χ1) is 8.48. The zero-order valence-corrected chi connectivity index (χ0v) is 10.8. The van der Waals surface area contributed by atoms with Crippen molar-refractivity contribution >= 4 is 11.7 Å². The summed E-state index contributed by atoms with van der Waals surface area (Å²) in [5.74, 6) is 0.634. The number of rotatable bonds is 1. The van der Waals surface area contributed by atoms with Crippen LogP contribution in [0.25, 0.3) is 0 Å². The maximum atomic E-state index is 12.2. The lowest BCUT2D eigenvalue weighted by Crippen LogP contribution is -2.62. The molecule has 2 rings (SSSR count). The van der Waals surface area contributed by atoms with Gasteiger partial charge in [0.05, 0.1) is 5.56 Å². The number of nitrogens with zero attached hydrogens (tertiary/aromatic N) is 4. The molecule has 0 aromatic carbocycles. The second-order valence-electron chi connectivity index (χ2n) is 4.92. The molecule has 5 nitrogen and oxygen atoms in total. The first-order valence-corrected chi connectivity index (χ1v) is 5.87. The molecule has 1 amide bonds. The maximum absolute atomic E-state index is 12.2. The summed E-state index contributed by atoms with van der Waals surface area (Å²) in [5.41, 5.74) is -0.171. The van der Waals surface area contributed by atoms with E-state index < -0.39 is 5.54 Å². The summed E-state index contributed by atoms with van der Waals surface area (Å²) in [4.78, 5) is 20.1. The SMILES string of the molecule is CN1CCN(c2ncccc2C#N)C(C)(C)C1=O. The summed E-state index contributed by atoms with van der Waals surface area (Å²) in [7, 11) is 1.80. The topological polar surface area (TPSA) is 60.2 Å². The van der Waals surface area contributed by atoms with Gasteiger partial charge in [0.2, 0.25) is 5.91 Å². The monoisotopic (exact) mass is 244 g/mol. The summed E-state index contributed by atoms with van der Waals surface area (Å²) in [5, 5.41) is 9.13. The highest BCUT2D eigenvalue weighted by atomic mass is 16.2. The lowest BCUT2D eigenvalue weighted by Gasteiger charge is -2.45. The van der Waals surface area contributed by atoms with Crippen LogP contribution in [0, 0.1) is 11.3 Å². The number of hydrogen-bond donors (Lipinski definition) is 0. The number of aromatic nitrogens is 1. The van der Waals surface area contributed by atoms with E-state index in [1.54, 1.807) is 30.3 Å². The quantitative estimate of drug-likeness (QED) is 0.739. The molecule has 0 atom stereocenters. The minimum absolute atomic E-state index is 0.0447. The van der Waals surface area contributed by atoms with Crippen LogP contribution in [0.3, 0.4) is 0 Å². The molecule has 0 spiro atoms. The Balaban J connectivity index is 2.45. The van der Waals surface area contributed by atoms with Gasteiger partial charge >= 0.3 is 0 Å². The number of anilines is 1. The van der Waals surface area contributed by atoms with Gasteiger partial charge in [-0.3, -0.25) is 4.79 Å². The molecular formula is C13H16N4O. The lowest BCUT2D eigenvalue weighted by molar-refractivity contribution is -0.136. The van der Waals surface area contributed by atoms with Crippen LogP contribution in [0.5, 0.6) is 0 Å². The third kappa shape index (κ3) is 1.80. The molecule has 18 heavy (non-hydrogen) atoms. The highest BCUT2D eigenvalue weighted by Crippen LogP contribution is 2.28. The number of amides is 1. The molecule has 0 aliphatic carbocycles. The molecule has 1 aliphatic rings. The van der Waals surface area contributed by atoms with E-state index in [4.69, 9.17) is 5.26 Å². The van der Waals surface area contributed by atoms with Gasteiger partial charge in [-0.05, 0) is 26.0 Å². The van der Waals surface area contributed by atoms with E-state index in [0.717, 1.165) is 0 Å². The van der Waals surface area contributed by atoms with Crippen molar-refractivity contribution in [3.63, 3.8) is 0 Å². The Morgan fingerprint density at radius 2 is 2.17 bits per heavy atom. The third-order valence-corrected chi connectivity index (χ3v) is 3.37. The average Bonchev–Trinajstić information content (AvgIpc) is 2.36. The Hall–Kier alpha value is -2.09. The second-order valence-corrected chi connectivity index (χ2v) is 4.92. The fourth-order valence-corrected chi connectivity index (χ4v) is 2.28. The highest BCUT2D eigenvalue weighted by Gasteiger charge is 2.41. The van der Waals surface area contributed by atoms with Crippen LogP contribution in [-0.2, 0) is 4.79 Å². The van der Waals surface area contributed by atoms with Crippen molar-refractivity contribution in [2.24, 2.45) is 0 Å². The van der Waals surface area contributed by atoms with Gasteiger partial charge in [0.1, 0.15) is 17.4 Å². The molecule has 1 aromatic rings. The van der Waals surface area contributed by atoms with Crippen LogP contribution in [0.2, 0.25) is 0 Å². The average molecular weight is 244 g/mol. The molecule has 0 saturated carbocycles. The molecular weight excluding hydrogens is 228 g/mol. The number of carbonyl (C=O) groups is 1. The zero-order chi connectivity index (χ0) is 13.3. The number of nitriles is 1. The van der Waals surface area contributed by atoms with Gasteiger partial charge in [0, 0.05) is 26.3 Å². The summed E-state index contributed by atoms with van der Waals surface area (Å²) in [6.45, 7) is 5.05. The van der Waals surface area contributed by atoms with E-state index in [9.17, 15) is 4.79 Å². The first-order valence-electron chi connectivity index (χ1n) is 5.87. The van der Waals surface area contributed by atoms with Gasteiger partial charge < -0.3 is 9.80 Å². The Kier molecular flexibility index (Phi) is 2.95. The van der Waals surface area contributed by atoms with Crippen molar-refractivity contribution in [1.82, 2.24) is 9.88 Å². The molecule has 0 bridgehead atoms. The summed E-state index contributed by atoms with van der Waals surface area (Å²) in [6, 6.07) is 5.58. The van der Waals surface area contributed by atoms with Crippen molar-refractivity contribution in [3.8, 4) is 6.07 Å². The van der Waals surface area contributed by atoms with Crippen LogP contribution < -0.4 is 4.90 Å². The maximum Gasteiger partial charge on any atom is 0.247 e. The van der Waals surface area contributed by atoms with Crippen LogP contribution in [0.15, 0.2) is 18.3 Å². The Morgan fingerprint density at radius 3 is 2.83 bits per heavy atom. The molecule has 0 unspecified atom stereocenters. The van der Waals surface area contributed by atoms with Gasteiger partial charge in [-0.25, -0.2) is 4.98 Å². The summed E-state index contributed by atoms with van der Waals surface area (Å²) in [6.07, 6.45) is 1.65. The van der Waals surface area contributed by atoms with Crippen LogP contribution in [-0.4, -0.2) is 41.5 Å². The molecule has 1 saturated heterocycles.